The Bertz CT molecular complexity index is 274. The first-order valence-electron chi connectivity index (χ1n) is 3.08. The molecule has 2 N–H and O–H groups in total. The summed E-state index contributed by atoms with van der Waals surface area (Å²) in [6.07, 6.45) is 1.36. The first-order chi connectivity index (χ1) is 5.74. The van der Waals surface area contributed by atoms with Gasteiger partial charge in [-0.1, -0.05) is 11.8 Å². The molecule has 0 aliphatic rings. The minimum atomic E-state index is -0.317. The van der Waals surface area contributed by atoms with Gasteiger partial charge >= 0.3 is 5.97 Å². The maximum absolute atomic E-state index is 10.7. The van der Waals surface area contributed by atoms with Gasteiger partial charge in [-0.2, -0.15) is 0 Å². The molecule has 0 aliphatic carbocycles. The highest BCUT2D eigenvalue weighted by molar-refractivity contribution is 7.99. The zero-order chi connectivity index (χ0) is 8.97. The lowest BCUT2D eigenvalue weighted by Crippen LogP contribution is -2.10. The summed E-state index contributed by atoms with van der Waals surface area (Å²) in [5, 5.41) is 7.69. The maximum atomic E-state index is 10.7. The van der Waals surface area contributed by atoms with Gasteiger partial charge in [-0.25, -0.2) is 4.68 Å². The van der Waals surface area contributed by atoms with E-state index < -0.39 is 0 Å². The summed E-state index contributed by atoms with van der Waals surface area (Å²) in [5.41, 5.74) is 0. The molecule has 0 amide bonds. The summed E-state index contributed by atoms with van der Waals surface area (Å²) in [6, 6.07) is 0. The number of thioether (sulfide) groups is 1. The molecule has 0 spiro atoms. The summed E-state index contributed by atoms with van der Waals surface area (Å²) in [7, 11) is 1.33. The van der Waals surface area contributed by atoms with Gasteiger partial charge in [-0.3, -0.25) is 4.79 Å². The van der Waals surface area contributed by atoms with Crippen molar-refractivity contribution >= 4 is 17.7 Å². The van der Waals surface area contributed by atoms with Crippen molar-refractivity contribution in [2.45, 2.75) is 5.16 Å². The van der Waals surface area contributed by atoms with Gasteiger partial charge in [-0.05, 0) is 0 Å². The van der Waals surface area contributed by atoms with Gasteiger partial charge in [0.1, 0.15) is 6.33 Å². The number of hydrogen-bond acceptors (Lipinski definition) is 6. The molecular formula is C5H8N4O2S. The standard InChI is InChI=1S/C5H8N4O2S/c1-11-4(10)2-12-5-8-7-3-9(5)6/h3H,2,6H2,1H3. The molecule has 66 valence electrons. The van der Waals surface area contributed by atoms with E-state index in [-0.39, 0.29) is 11.7 Å². The third-order valence-electron chi connectivity index (χ3n) is 1.09. The summed E-state index contributed by atoms with van der Waals surface area (Å²) in [4.78, 5) is 10.7. The van der Waals surface area contributed by atoms with Crippen molar-refractivity contribution in [3.05, 3.63) is 6.33 Å². The molecular weight excluding hydrogens is 180 g/mol. The monoisotopic (exact) mass is 188 g/mol. The third-order valence-corrected chi connectivity index (χ3v) is 2.02. The van der Waals surface area contributed by atoms with Gasteiger partial charge in [0.25, 0.3) is 0 Å². The molecule has 1 rings (SSSR count). The predicted octanol–water partition coefficient (Wildman–Crippen LogP) is -0.743. The van der Waals surface area contributed by atoms with Crippen LogP contribution in [0.4, 0.5) is 0 Å². The van der Waals surface area contributed by atoms with E-state index in [0.29, 0.717) is 5.16 Å². The fourth-order valence-electron chi connectivity index (χ4n) is 0.518. The quantitative estimate of drug-likeness (QED) is 0.382. The van der Waals surface area contributed by atoms with E-state index in [2.05, 4.69) is 14.9 Å². The zero-order valence-electron chi connectivity index (χ0n) is 6.43. The Morgan fingerprint density at radius 1 is 1.92 bits per heavy atom. The van der Waals surface area contributed by atoms with Crippen LogP contribution in [0.1, 0.15) is 0 Å². The van der Waals surface area contributed by atoms with Crippen LogP contribution in [0.5, 0.6) is 0 Å². The number of nitrogens with zero attached hydrogens (tertiary/aromatic N) is 3. The molecule has 0 saturated heterocycles. The average molecular weight is 188 g/mol. The van der Waals surface area contributed by atoms with Crippen molar-refractivity contribution in [1.82, 2.24) is 14.9 Å². The van der Waals surface area contributed by atoms with Gasteiger partial charge in [0, 0.05) is 0 Å². The first kappa shape index (κ1) is 8.85. The summed E-state index contributed by atoms with van der Waals surface area (Å²) < 4.78 is 5.67. The number of nitrogens with two attached hydrogens (primary N) is 1. The lowest BCUT2D eigenvalue weighted by molar-refractivity contribution is -0.137. The fraction of sp³-hybridized carbons (Fsp3) is 0.400. The van der Waals surface area contributed by atoms with Crippen molar-refractivity contribution in [2.75, 3.05) is 18.7 Å². The van der Waals surface area contributed by atoms with E-state index in [9.17, 15) is 4.79 Å². The molecule has 1 aromatic rings. The van der Waals surface area contributed by atoms with E-state index in [4.69, 9.17) is 5.84 Å². The molecule has 1 aromatic heterocycles. The third kappa shape index (κ3) is 2.12. The Balaban J connectivity index is 2.43. The summed E-state index contributed by atoms with van der Waals surface area (Å²) in [5.74, 6) is 5.26. The van der Waals surface area contributed by atoms with Gasteiger partial charge in [0.2, 0.25) is 5.16 Å². The van der Waals surface area contributed by atoms with Gasteiger partial charge in [-0.15, -0.1) is 10.2 Å². The number of aromatic nitrogens is 3. The second kappa shape index (κ2) is 3.96. The first-order valence-corrected chi connectivity index (χ1v) is 4.07. The van der Waals surface area contributed by atoms with Crippen LogP contribution >= 0.6 is 11.8 Å². The highest BCUT2D eigenvalue weighted by atomic mass is 32.2. The number of carbonyl (C=O) groups is 1. The molecule has 12 heavy (non-hydrogen) atoms. The average Bonchev–Trinajstić information content (AvgIpc) is 2.47. The number of methoxy groups -OCH3 is 1. The Hall–Kier alpha value is -1.24. The van der Waals surface area contributed by atoms with E-state index in [0.717, 1.165) is 0 Å². The van der Waals surface area contributed by atoms with Crippen LogP contribution < -0.4 is 5.84 Å². The number of carbonyl (C=O) groups excluding carboxylic acids is 1. The minimum absolute atomic E-state index is 0.187. The molecule has 0 unspecified atom stereocenters. The van der Waals surface area contributed by atoms with Gasteiger partial charge in [0.05, 0.1) is 12.9 Å². The second-order valence-corrected chi connectivity index (χ2v) is 2.83. The van der Waals surface area contributed by atoms with E-state index in [1.165, 1.54) is 29.9 Å². The van der Waals surface area contributed by atoms with Crippen molar-refractivity contribution in [1.29, 1.82) is 0 Å². The normalized spacial score (nSPS) is 9.75. The van der Waals surface area contributed by atoms with Crippen molar-refractivity contribution in [2.24, 2.45) is 0 Å². The van der Waals surface area contributed by atoms with Crippen molar-refractivity contribution in [3.8, 4) is 0 Å². The van der Waals surface area contributed by atoms with Crippen LogP contribution in [0.25, 0.3) is 0 Å². The molecule has 0 bridgehead atoms. The lowest BCUT2D eigenvalue weighted by atomic mass is 10.8. The van der Waals surface area contributed by atoms with Crippen molar-refractivity contribution in [3.63, 3.8) is 0 Å². The van der Waals surface area contributed by atoms with Crippen LogP contribution in [-0.4, -0.2) is 33.7 Å². The predicted molar refractivity (Wildman–Crippen MR) is 42.9 cm³/mol. The largest absolute Gasteiger partial charge is 0.468 e. The number of esters is 1. The Morgan fingerprint density at radius 3 is 3.17 bits per heavy atom. The fourth-order valence-corrected chi connectivity index (χ4v) is 1.18. The van der Waals surface area contributed by atoms with Crippen LogP contribution in [0.3, 0.4) is 0 Å². The Morgan fingerprint density at radius 2 is 2.67 bits per heavy atom. The highest BCUT2D eigenvalue weighted by Gasteiger charge is 2.06. The smallest absolute Gasteiger partial charge is 0.316 e. The molecule has 0 atom stereocenters. The molecule has 6 nitrogen and oxygen atoms in total. The van der Waals surface area contributed by atoms with E-state index >= 15 is 0 Å². The van der Waals surface area contributed by atoms with Crippen molar-refractivity contribution < 1.29 is 9.53 Å². The van der Waals surface area contributed by atoms with Crippen LogP contribution in [-0.2, 0) is 9.53 Å². The number of nitrogen functional groups attached to an aromatic ring is 1. The second-order valence-electron chi connectivity index (χ2n) is 1.89. The van der Waals surface area contributed by atoms with Crippen LogP contribution in [0.15, 0.2) is 11.5 Å². The van der Waals surface area contributed by atoms with Gasteiger partial charge in [0.15, 0.2) is 0 Å². The topological polar surface area (TPSA) is 83.0 Å². The SMILES string of the molecule is COC(=O)CSc1nncn1N. The van der Waals surface area contributed by atoms with Crippen LogP contribution in [0, 0.1) is 0 Å². The molecule has 1 heterocycles. The van der Waals surface area contributed by atoms with Gasteiger partial charge < -0.3 is 10.6 Å². The molecule has 0 saturated carbocycles. The van der Waals surface area contributed by atoms with E-state index in [1.54, 1.807) is 0 Å². The Labute approximate surface area is 73.1 Å². The summed E-state index contributed by atoms with van der Waals surface area (Å²) >= 11 is 1.18. The highest BCUT2D eigenvalue weighted by Crippen LogP contribution is 2.11. The molecule has 7 heteroatoms. The van der Waals surface area contributed by atoms with E-state index in [1.807, 2.05) is 0 Å². The summed E-state index contributed by atoms with van der Waals surface area (Å²) in [6.45, 7) is 0. The lowest BCUT2D eigenvalue weighted by Gasteiger charge is -1.97. The maximum Gasteiger partial charge on any atom is 0.316 e. The minimum Gasteiger partial charge on any atom is -0.468 e. The molecule has 0 aromatic carbocycles. The number of rotatable bonds is 3. The molecule has 0 aliphatic heterocycles. The number of hydrogen-bond donors (Lipinski definition) is 1. The molecule has 0 radical (unpaired) electrons. The number of ether oxygens (including phenoxy) is 1. The van der Waals surface area contributed by atoms with Crippen LogP contribution in [0.2, 0.25) is 0 Å². The zero-order valence-corrected chi connectivity index (χ0v) is 7.24. The molecule has 0 fully saturated rings. The Kier molecular flexibility index (Phi) is 2.92.